The van der Waals surface area contributed by atoms with Gasteiger partial charge >= 0.3 is 0 Å². The van der Waals surface area contributed by atoms with Crippen LogP contribution in [-0.2, 0) is 4.79 Å². The first kappa shape index (κ1) is 15.8. The van der Waals surface area contributed by atoms with Crippen molar-refractivity contribution in [3.8, 4) is 0 Å². The normalized spacial score (nSPS) is 58.5. The number of ketones is 1. The smallest absolute Gasteiger partial charge is 0.141 e. The number of hydrogen-bond acceptors (Lipinski definition) is 4. The second kappa shape index (κ2) is 4.90. The van der Waals surface area contributed by atoms with Crippen LogP contribution in [-0.4, -0.2) is 39.4 Å². The quantitative estimate of drug-likeness (QED) is 0.593. The molecule has 9 atom stereocenters. The van der Waals surface area contributed by atoms with E-state index in [1.165, 1.54) is 0 Å². The Morgan fingerprint density at radius 2 is 1.87 bits per heavy atom. The lowest BCUT2D eigenvalue weighted by Gasteiger charge is -2.60. The average Bonchev–Trinajstić information content (AvgIpc) is 2.71. The molecule has 0 spiro atoms. The standard InChI is InChI=1S/C19H28O4/c1-18-5-3-11(20)7-10(18)8-13(21)16-12(18)4-6-19(2)15(23)9-14(22)17(16)19/h3,5,10-14,16-17,20-22H,4,6-9H2,1-2H3/t10?,11?,12-,13?,14?,16+,17+,18+,19-/m1/s1. The summed E-state index contributed by atoms with van der Waals surface area (Å²) in [5.74, 6) is 0.580. The van der Waals surface area contributed by atoms with Crippen LogP contribution in [0, 0.1) is 34.5 Å². The summed E-state index contributed by atoms with van der Waals surface area (Å²) >= 11 is 0. The molecule has 0 aliphatic heterocycles. The van der Waals surface area contributed by atoms with Crippen molar-refractivity contribution in [2.75, 3.05) is 0 Å². The second-order valence-electron chi connectivity index (χ2n) is 8.89. The third-order valence-corrected chi connectivity index (χ3v) is 7.89. The van der Waals surface area contributed by atoms with E-state index in [9.17, 15) is 20.1 Å². The van der Waals surface area contributed by atoms with Crippen LogP contribution in [0.1, 0.15) is 46.0 Å². The lowest BCUT2D eigenvalue weighted by molar-refractivity contribution is -0.160. The summed E-state index contributed by atoms with van der Waals surface area (Å²) in [4.78, 5) is 12.4. The van der Waals surface area contributed by atoms with Crippen molar-refractivity contribution < 1.29 is 20.1 Å². The van der Waals surface area contributed by atoms with Gasteiger partial charge in [0, 0.05) is 17.8 Å². The van der Waals surface area contributed by atoms with E-state index in [0.717, 1.165) is 12.8 Å². The topological polar surface area (TPSA) is 77.8 Å². The number of fused-ring (bicyclic) bond motifs is 5. The molecule has 0 radical (unpaired) electrons. The molecule has 4 aliphatic rings. The summed E-state index contributed by atoms with van der Waals surface area (Å²) in [5.41, 5.74) is -0.515. The molecule has 4 unspecified atom stereocenters. The molecule has 0 aromatic carbocycles. The summed E-state index contributed by atoms with van der Waals surface area (Å²) in [5, 5.41) is 31.4. The Kier molecular flexibility index (Phi) is 3.37. The van der Waals surface area contributed by atoms with E-state index in [-0.39, 0.29) is 41.3 Å². The number of aliphatic hydroxyl groups is 3. The first-order valence-corrected chi connectivity index (χ1v) is 9.04. The second-order valence-corrected chi connectivity index (χ2v) is 8.89. The maximum atomic E-state index is 12.4. The van der Waals surface area contributed by atoms with Gasteiger partial charge in [-0.3, -0.25) is 4.79 Å². The van der Waals surface area contributed by atoms with Crippen LogP contribution < -0.4 is 0 Å². The molecular weight excluding hydrogens is 292 g/mol. The first-order chi connectivity index (χ1) is 10.8. The molecule has 3 N–H and O–H groups in total. The first-order valence-electron chi connectivity index (χ1n) is 9.04. The third kappa shape index (κ3) is 1.98. The maximum Gasteiger partial charge on any atom is 0.141 e. The fourth-order valence-electron chi connectivity index (χ4n) is 6.58. The molecule has 4 heteroatoms. The Morgan fingerprint density at radius 3 is 2.61 bits per heavy atom. The van der Waals surface area contributed by atoms with Gasteiger partial charge in [-0.15, -0.1) is 0 Å². The Balaban J connectivity index is 1.75. The van der Waals surface area contributed by atoms with Crippen molar-refractivity contribution in [1.29, 1.82) is 0 Å². The highest BCUT2D eigenvalue weighted by Crippen LogP contribution is 2.64. The van der Waals surface area contributed by atoms with Gasteiger partial charge in [0.1, 0.15) is 5.78 Å². The largest absolute Gasteiger partial charge is 0.393 e. The molecule has 0 aromatic heterocycles. The van der Waals surface area contributed by atoms with E-state index >= 15 is 0 Å². The van der Waals surface area contributed by atoms with Crippen LogP contribution >= 0.6 is 0 Å². The van der Waals surface area contributed by atoms with Crippen molar-refractivity contribution in [2.45, 2.75) is 64.3 Å². The molecule has 3 fully saturated rings. The number of allylic oxidation sites excluding steroid dienone is 1. The number of carbonyl (C=O) groups excluding carboxylic acids is 1. The van der Waals surface area contributed by atoms with Gasteiger partial charge in [0.05, 0.1) is 18.3 Å². The molecule has 0 amide bonds. The zero-order valence-electron chi connectivity index (χ0n) is 14.0. The van der Waals surface area contributed by atoms with E-state index in [4.69, 9.17) is 0 Å². The minimum atomic E-state index is -0.617. The lowest BCUT2D eigenvalue weighted by Crippen LogP contribution is -2.58. The Morgan fingerprint density at radius 1 is 1.13 bits per heavy atom. The highest BCUT2D eigenvalue weighted by molar-refractivity contribution is 5.88. The van der Waals surface area contributed by atoms with Gasteiger partial charge < -0.3 is 15.3 Å². The van der Waals surface area contributed by atoms with Gasteiger partial charge in [-0.25, -0.2) is 0 Å². The molecule has 4 aliphatic carbocycles. The number of rotatable bonds is 0. The zero-order chi connectivity index (χ0) is 16.6. The molecule has 0 saturated heterocycles. The highest BCUT2D eigenvalue weighted by Gasteiger charge is 2.64. The summed E-state index contributed by atoms with van der Waals surface area (Å²) in [6.45, 7) is 4.24. The SMILES string of the molecule is C[C@]12C=CC(O)CC1CC(O)[C@@H]1[C@H]2CC[C@]2(C)C(=O)CC(O)[C@@H]12. The average molecular weight is 320 g/mol. The van der Waals surface area contributed by atoms with E-state index in [1.807, 2.05) is 13.0 Å². The summed E-state index contributed by atoms with van der Waals surface area (Å²) in [7, 11) is 0. The van der Waals surface area contributed by atoms with E-state index in [1.54, 1.807) is 0 Å². The van der Waals surface area contributed by atoms with Crippen molar-refractivity contribution >= 4 is 5.78 Å². The van der Waals surface area contributed by atoms with Gasteiger partial charge in [-0.2, -0.15) is 0 Å². The van der Waals surface area contributed by atoms with Gasteiger partial charge in [0.15, 0.2) is 0 Å². The minimum absolute atomic E-state index is 0.0173. The molecule has 0 bridgehead atoms. The molecule has 0 aromatic rings. The summed E-state index contributed by atoms with van der Waals surface area (Å²) in [6, 6.07) is 0. The fraction of sp³-hybridized carbons (Fsp3) is 0.842. The molecule has 0 heterocycles. The van der Waals surface area contributed by atoms with Crippen molar-refractivity contribution in [3.63, 3.8) is 0 Å². The van der Waals surface area contributed by atoms with E-state index in [0.29, 0.717) is 12.8 Å². The van der Waals surface area contributed by atoms with Crippen LogP contribution in [0.25, 0.3) is 0 Å². The molecule has 128 valence electrons. The van der Waals surface area contributed by atoms with E-state index < -0.39 is 23.7 Å². The zero-order valence-corrected chi connectivity index (χ0v) is 14.0. The Labute approximate surface area is 137 Å². The maximum absolute atomic E-state index is 12.4. The monoisotopic (exact) mass is 320 g/mol. The molecule has 4 nitrogen and oxygen atoms in total. The number of carbonyl (C=O) groups is 1. The molecule has 3 saturated carbocycles. The van der Waals surface area contributed by atoms with Crippen molar-refractivity contribution in [2.24, 2.45) is 34.5 Å². The Bertz CT molecular complexity index is 558. The number of aliphatic hydroxyl groups excluding tert-OH is 3. The number of Topliss-reactive ketones (excluding diaryl/α,β-unsaturated/α-hetero) is 1. The molecular formula is C19H28O4. The van der Waals surface area contributed by atoms with Crippen LogP contribution in [0.5, 0.6) is 0 Å². The summed E-state index contributed by atoms with van der Waals surface area (Å²) < 4.78 is 0. The predicted molar refractivity (Wildman–Crippen MR) is 85.4 cm³/mol. The summed E-state index contributed by atoms with van der Waals surface area (Å²) in [6.07, 6.45) is 5.87. The lowest BCUT2D eigenvalue weighted by atomic mass is 9.45. The fourth-order valence-corrected chi connectivity index (χ4v) is 6.58. The van der Waals surface area contributed by atoms with Crippen LogP contribution in [0.2, 0.25) is 0 Å². The van der Waals surface area contributed by atoms with Gasteiger partial charge in [0.25, 0.3) is 0 Å². The minimum Gasteiger partial charge on any atom is -0.393 e. The Hall–Kier alpha value is -0.710. The van der Waals surface area contributed by atoms with E-state index in [2.05, 4.69) is 13.0 Å². The van der Waals surface area contributed by atoms with Gasteiger partial charge in [-0.05, 0) is 48.9 Å². The van der Waals surface area contributed by atoms with Crippen LogP contribution in [0.4, 0.5) is 0 Å². The van der Waals surface area contributed by atoms with Gasteiger partial charge in [0.2, 0.25) is 0 Å². The molecule has 23 heavy (non-hydrogen) atoms. The highest BCUT2D eigenvalue weighted by atomic mass is 16.3. The molecule has 4 rings (SSSR count). The van der Waals surface area contributed by atoms with Crippen LogP contribution in [0.15, 0.2) is 12.2 Å². The predicted octanol–water partition coefficient (Wildman–Crippen LogP) is 1.68. The van der Waals surface area contributed by atoms with Crippen molar-refractivity contribution in [1.82, 2.24) is 0 Å². The number of hydrogen-bond donors (Lipinski definition) is 3. The van der Waals surface area contributed by atoms with Crippen molar-refractivity contribution in [3.05, 3.63) is 12.2 Å². The third-order valence-electron chi connectivity index (χ3n) is 7.89. The van der Waals surface area contributed by atoms with Crippen LogP contribution in [0.3, 0.4) is 0 Å². The van der Waals surface area contributed by atoms with Gasteiger partial charge in [-0.1, -0.05) is 26.0 Å².